The fourth-order valence-electron chi connectivity index (χ4n) is 1.65. The van der Waals surface area contributed by atoms with Gasteiger partial charge in [0, 0.05) is 18.4 Å². The summed E-state index contributed by atoms with van der Waals surface area (Å²) in [4.78, 5) is 4.26. The number of rotatable bonds is 3. The number of nitrogens with one attached hydrogen (secondary N) is 1. The summed E-state index contributed by atoms with van der Waals surface area (Å²) < 4.78 is 0. The fraction of sp³-hybridized carbons (Fsp3) is 0.214. The molecule has 0 bridgehead atoms. The Balaban J connectivity index is 2.10. The molecule has 0 spiro atoms. The van der Waals surface area contributed by atoms with Gasteiger partial charge < -0.3 is 5.32 Å². The van der Waals surface area contributed by atoms with Gasteiger partial charge in [-0.1, -0.05) is 29.8 Å². The Morgan fingerprint density at radius 2 is 2.00 bits per heavy atom. The maximum atomic E-state index is 6.14. The first-order valence-electron chi connectivity index (χ1n) is 5.57. The van der Waals surface area contributed by atoms with Crippen LogP contribution in [0, 0.1) is 13.8 Å². The van der Waals surface area contributed by atoms with Gasteiger partial charge >= 0.3 is 0 Å². The van der Waals surface area contributed by atoms with Crippen LogP contribution in [0.4, 0.5) is 5.69 Å². The van der Waals surface area contributed by atoms with Crippen molar-refractivity contribution in [2.75, 3.05) is 5.32 Å². The molecule has 0 unspecified atom stereocenters. The largest absolute Gasteiger partial charge is 0.379 e. The average Bonchev–Trinajstić information content (AvgIpc) is 2.31. The van der Waals surface area contributed by atoms with Crippen molar-refractivity contribution in [3.63, 3.8) is 0 Å². The number of anilines is 1. The summed E-state index contributed by atoms with van der Waals surface area (Å²) in [5.74, 6) is 0. The van der Waals surface area contributed by atoms with Crippen molar-refractivity contribution >= 4 is 17.3 Å². The fourth-order valence-corrected chi connectivity index (χ4v) is 1.94. The van der Waals surface area contributed by atoms with Gasteiger partial charge in [-0.05, 0) is 37.1 Å². The zero-order valence-electron chi connectivity index (χ0n) is 10.00. The summed E-state index contributed by atoms with van der Waals surface area (Å²) in [5.41, 5.74) is 4.32. The van der Waals surface area contributed by atoms with Gasteiger partial charge in [0.1, 0.15) is 0 Å². The highest BCUT2D eigenvalue weighted by Gasteiger charge is 2.02. The third-order valence-corrected chi connectivity index (χ3v) is 2.98. The van der Waals surface area contributed by atoms with Crippen molar-refractivity contribution in [1.29, 1.82) is 0 Å². The molecule has 1 heterocycles. The lowest BCUT2D eigenvalue weighted by Crippen LogP contribution is -2.02. The summed E-state index contributed by atoms with van der Waals surface area (Å²) in [6.45, 7) is 4.76. The Morgan fingerprint density at radius 1 is 1.18 bits per heavy atom. The molecule has 0 saturated heterocycles. The van der Waals surface area contributed by atoms with Gasteiger partial charge in [0.25, 0.3) is 0 Å². The molecule has 0 radical (unpaired) electrons. The van der Waals surface area contributed by atoms with E-state index in [4.69, 9.17) is 11.6 Å². The molecule has 3 heteroatoms. The van der Waals surface area contributed by atoms with E-state index in [-0.39, 0.29) is 0 Å². The first-order chi connectivity index (χ1) is 8.16. The van der Waals surface area contributed by atoms with Crippen molar-refractivity contribution < 1.29 is 0 Å². The van der Waals surface area contributed by atoms with Crippen LogP contribution >= 0.6 is 11.6 Å². The van der Waals surface area contributed by atoms with Crippen molar-refractivity contribution in [3.8, 4) is 0 Å². The summed E-state index contributed by atoms with van der Waals surface area (Å²) >= 11 is 6.14. The molecule has 0 amide bonds. The number of nitrogens with zero attached hydrogens (tertiary/aromatic N) is 1. The maximum Gasteiger partial charge on any atom is 0.0640 e. The Morgan fingerprint density at radius 3 is 2.65 bits per heavy atom. The maximum absolute atomic E-state index is 6.14. The van der Waals surface area contributed by atoms with Gasteiger partial charge in [-0.2, -0.15) is 0 Å². The van der Waals surface area contributed by atoms with Gasteiger partial charge in [-0.25, -0.2) is 0 Å². The molecule has 2 aromatic rings. The molecular formula is C14H15ClN2. The van der Waals surface area contributed by atoms with Crippen LogP contribution in [0.2, 0.25) is 5.02 Å². The van der Waals surface area contributed by atoms with Crippen molar-refractivity contribution in [2.24, 2.45) is 0 Å². The van der Waals surface area contributed by atoms with E-state index in [0.29, 0.717) is 0 Å². The second-order valence-corrected chi connectivity index (χ2v) is 4.50. The summed E-state index contributed by atoms with van der Waals surface area (Å²) in [7, 11) is 0. The van der Waals surface area contributed by atoms with Crippen molar-refractivity contribution in [2.45, 2.75) is 20.4 Å². The van der Waals surface area contributed by atoms with Gasteiger partial charge in [0.2, 0.25) is 0 Å². The van der Waals surface area contributed by atoms with Crippen LogP contribution in [0.1, 0.15) is 16.8 Å². The number of halogens is 1. The average molecular weight is 247 g/mol. The van der Waals surface area contributed by atoms with E-state index >= 15 is 0 Å². The topological polar surface area (TPSA) is 24.9 Å². The van der Waals surface area contributed by atoms with E-state index in [1.54, 1.807) is 0 Å². The number of aromatic nitrogens is 1. The first kappa shape index (κ1) is 11.9. The zero-order chi connectivity index (χ0) is 12.3. The molecule has 1 N–H and O–H groups in total. The third-order valence-electron chi connectivity index (χ3n) is 2.66. The summed E-state index contributed by atoms with van der Waals surface area (Å²) in [5, 5.41) is 4.10. The van der Waals surface area contributed by atoms with Crippen LogP contribution in [0.3, 0.4) is 0 Å². The SMILES string of the molecule is Cc1ccc(CNc2c(C)cccc2Cl)cn1. The minimum atomic E-state index is 0.734. The minimum absolute atomic E-state index is 0.734. The number of aryl methyl sites for hydroxylation is 2. The van der Waals surface area contributed by atoms with E-state index in [9.17, 15) is 0 Å². The lowest BCUT2D eigenvalue weighted by Gasteiger charge is -2.11. The Labute approximate surface area is 107 Å². The minimum Gasteiger partial charge on any atom is -0.379 e. The number of benzene rings is 1. The molecule has 0 aliphatic carbocycles. The molecule has 2 rings (SSSR count). The number of pyridine rings is 1. The highest BCUT2D eigenvalue weighted by molar-refractivity contribution is 6.33. The molecule has 0 fully saturated rings. The van der Waals surface area contributed by atoms with Gasteiger partial charge in [-0.3, -0.25) is 4.98 Å². The number of hydrogen-bond donors (Lipinski definition) is 1. The molecular weight excluding hydrogens is 232 g/mol. The summed E-state index contributed by atoms with van der Waals surface area (Å²) in [6, 6.07) is 9.97. The Bertz CT molecular complexity index is 486. The van der Waals surface area contributed by atoms with Crippen LogP contribution in [0.25, 0.3) is 0 Å². The lowest BCUT2D eigenvalue weighted by atomic mass is 10.2. The van der Waals surface area contributed by atoms with Crippen LogP contribution in [-0.4, -0.2) is 4.98 Å². The summed E-state index contributed by atoms with van der Waals surface area (Å²) in [6.07, 6.45) is 1.88. The zero-order valence-corrected chi connectivity index (χ0v) is 10.8. The quantitative estimate of drug-likeness (QED) is 0.887. The van der Waals surface area contributed by atoms with Crippen LogP contribution in [0.5, 0.6) is 0 Å². The van der Waals surface area contributed by atoms with E-state index in [0.717, 1.165) is 34.1 Å². The molecule has 2 nitrogen and oxygen atoms in total. The number of hydrogen-bond acceptors (Lipinski definition) is 2. The van der Waals surface area contributed by atoms with Gasteiger partial charge in [-0.15, -0.1) is 0 Å². The van der Waals surface area contributed by atoms with Crippen LogP contribution in [-0.2, 0) is 6.54 Å². The second kappa shape index (κ2) is 5.19. The van der Waals surface area contributed by atoms with E-state index in [1.807, 2.05) is 44.3 Å². The smallest absolute Gasteiger partial charge is 0.0640 e. The lowest BCUT2D eigenvalue weighted by molar-refractivity contribution is 1.08. The van der Waals surface area contributed by atoms with Crippen molar-refractivity contribution in [1.82, 2.24) is 4.98 Å². The molecule has 1 aromatic heterocycles. The second-order valence-electron chi connectivity index (χ2n) is 4.09. The predicted octanol–water partition coefficient (Wildman–Crippen LogP) is 3.96. The molecule has 1 aromatic carbocycles. The molecule has 0 aliphatic heterocycles. The van der Waals surface area contributed by atoms with Crippen molar-refractivity contribution in [3.05, 3.63) is 58.4 Å². The molecule has 0 saturated carbocycles. The highest BCUT2D eigenvalue weighted by Crippen LogP contribution is 2.25. The predicted molar refractivity (Wildman–Crippen MR) is 72.5 cm³/mol. The number of para-hydroxylation sites is 1. The molecule has 88 valence electrons. The third kappa shape index (κ3) is 2.98. The molecule has 17 heavy (non-hydrogen) atoms. The highest BCUT2D eigenvalue weighted by atomic mass is 35.5. The Hall–Kier alpha value is -1.54. The van der Waals surface area contributed by atoms with E-state index < -0.39 is 0 Å². The van der Waals surface area contributed by atoms with E-state index in [2.05, 4.69) is 16.4 Å². The van der Waals surface area contributed by atoms with E-state index in [1.165, 1.54) is 0 Å². The van der Waals surface area contributed by atoms with Gasteiger partial charge in [0.05, 0.1) is 10.7 Å². The standard InChI is InChI=1S/C14H15ClN2/c1-10-4-3-5-13(15)14(10)17-9-12-7-6-11(2)16-8-12/h3-8,17H,9H2,1-2H3. The first-order valence-corrected chi connectivity index (χ1v) is 5.95. The monoisotopic (exact) mass is 246 g/mol. The normalized spacial score (nSPS) is 10.3. The van der Waals surface area contributed by atoms with Crippen LogP contribution in [0.15, 0.2) is 36.5 Å². The molecule has 0 atom stereocenters. The Kier molecular flexibility index (Phi) is 3.64. The van der Waals surface area contributed by atoms with Gasteiger partial charge in [0.15, 0.2) is 0 Å². The molecule has 0 aliphatic rings. The van der Waals surface area contributed by atoms with Crippen LogP contribution < -0.4 is 5.32 Å².